The van der Waals surface area contributed by atoms with Crippen molar-refractivity contribution >= 4 is 6.09 Å². The predicted octanol–water partition coefficient (Wildman–Crippen LogP) is 3.70. The van der Waals surface area contributed by atoms with Crippen molar-refractivity contribution in [3.63, 3.8) is 0 Å². The molecule has 4 nitrogen and oxygen atoms in total. The van der Waals surface area contributed by atoms with Crippen LogP contribution in [-0.4, -0.2) is 41.3 Å². The van der Waals surface area contributed by atoms with Gasteiger partial charge in [-0.2, -0.15) is 0 Å². The van der Waals surface area contributed by atoms with E-state index in [1.165, 1.54) is 32.2 Å². The number of carbonyl (C=O) groups excluding carboxylic acids is 1. The Morgan fingerprint density at radius 2 is 1.95 bits per heavy atom. The summed E-state index contributed by atoms with van der Waals surface area (Å²) in [6.45, 7) is 7.87. The molecule has 0 aromatic rings. The number of rotatable bonds is 3. The van der Waals surface area contributed by atoms with Gasteiger partial charge in [-0.25, -0.2) is 4.79 Å². The van der Waals surface area contributed by atoms with Gasteiger partial charge in [-0.3, -0.25) is 0 Å². The molecule has 1 heterocycles. The summed E-state index contributed by atoms with van der Waals surface area (Å²) in [6.07, 6.45) is 9.81. The van der Waals surface area contributed by atoms with Gasteiger partial charge in [-0.05, 0) is 78.2 Å². The first-order valence-electron chi connectivity index (χ1n) is 9.12. The van der Waals surface area contributed by atoms with Gasteiger partial charge >= 0.3 is 6.09 Å². The number of nitrogens with zero attached hydrogens (tertiary/aromatic N) is 1. The Bertz CT molecular complexity index is 408. The van der Waals surface area contributed by atoms with Gasteiger partial charge in [-0.1, -0.05) is 6.42 Å². The monoisotopic (exact) mass is 308 g/mol. The number of ether oxygens (including phenoxy) is 1. The average molecular weight is 308 g/mol. The molecule has 0 aromatic heterocycles. The number of hydrogen-bond acceptors (Lipinski definition) is 3. The molecule has 126 valence electrons. The number of piperidine rings is 1. The highest BCUT2D eigenvalue weighted by Crippen LogP contribution is 2.45. The van der Waals surface area contributed by atoms with Crippen molar-refractivity contribution in [1.29, 1.82) is 0 Å². The van der Waals surface area contributed by atoms with Gasteiger partial charge in [0.25, 0.3) is 0 Å². The van der Waals surface area contributed by atoms with Crippen molar-refractivity contribution in [2.45, 2.75) is 89.3 Å². The normalized spacial score (nSPS) is 28.1. The predicted molar refractivity (Wildman–Crippen MR) is 87.9 cm³/mol. The van der Waals surface area contributed by atoms with E-state index < -0.39 is 5.60 Å². The van der Waals surface area contributed by atoms with Gasteiger partial charge in [0.05, 0.1) is 0 Å². The topological polar surface area (TPSA) is 41.6 Å². The Labute approximate surface area is 135 Å². The Balaban J connectivity index is 1.56. The van der Waals surface area contributed by atoms with Crippen molar-refractivity contribution < 1.29 is 9.53 Å². The molecule has 1 N–H and O–H groups in total. The number of carbonyl (C=O) groups is 1. The van der Waals surface area contributed by atoms with E-state index in [1.807, 2.05) is 25.7 Å². The summed E-state index contributed by atoms with van der Waals surface area (Å²) >= 11 is 0. The maximum absolute atomic E-state index is 12.5. The highest BCUT2D eigenvalue weighted by molar-refractivity contribution is 5.69. The lowest BCUT2D eigenvalue weighted by Crippen LogP contribution is -2.63. The number of nitrogens with one attached hydrogen (secondary N) is 1. The minimum Gasteiger partial charge on any atom is -0.444 e. The van der Waals surface area contributed by atoms with Crippen LogP contribution in [0.15, 0.2) is 0 Å². The minimum atomic E-state index is -0.401. The van der Waals surface area contributed by atoms with Crippen LogP contribution in [-0.2, 0) is 4.74 Å². The zero-order chi connectivity index (χ0) is 15.8. The van der Waals surface area contributed by atoms with Gasteiger partial charge in [0, 0.05) is 18.1 Å². The van der Waals surface area contributed by atoms with E-state index >= 15 is 0 Å². The summed E-state index contributed by atoms with van der Waals surface area (Å²) in [7, 11) is 0. The highest BCUT2D eigenvalue weighted by Gasteiger charge is 2.49. The summed E-state index contributed by atoms with van der Waals surface area (Å²) in [6, 6.07) is 0.583. The first-order chi connectivity index (χ1) is 10.4. The fourth-order valence-corrected chi connectivity index (χ4v) is 4.06. The van der Waals surface area contributed by atoms with Crippen LogP contribution in [0, 0.1) is 5.92 Å². The van der Waals surface area contributed by atoms with Crippen molar-refractivity contribution in [1.82, 2.24) is 10.2 Å². The largest absolute Gasteiger partial charge is 0.444 e. The standard InChI is InChI=1S/C18H32N2O2/c1-17(2,3)22-16(21)20-11-8-15(12-18(20)9-5-10-18)19-13-14-6-4-7-14/h14-15,19H,4-13H2,1-3H3. The summed E-state index contributed by atoms with van der Waals surface area (Å²) in [5.41, 5.74) is -0.320. The molecule has 1 spiro atoms. The molecule has 4 heteroatoms. The fourth-order valence-electron chi connectivity index (χ4n) is 4.06. The van der Waals surface area contributed by atoms with Crippen LogP contribution < -0.4 is 5.32 Å². The average Bonchev–Trinajstić information content (AvgIpc) is 2.32. The molecule has 1 aliphatic heterocycles. The molecule has 0 radical (unpaired) electrons. The third-order valence-electron chi connectivity index (χ3n) is 5.72. The lowest BCUT2D eigenvalue weighted by Gasteiger charge is -2.55. The molecule has 1 amide bonds. The van der Waals surface area contributed by atoms with Gasteiger partial charge in [0.2, 0.25) is 0 Å². The SMILES string of the molecule is CC(C)(C)OC(=O)N1CCC(NCC2CCC2)CC12CCC2. The molecule has 0 aromatic carbocycles. The fraction of sp³-hybridized carbons (Fsp3) is 0.944. The maximum atomic E-state index is 12.5. The minimum absolute atomic E-state index is 0.0812. The zero-order valence-corrected chi connectivity index (χ0v) is 14.5. The maximum Gasteiger partial charge on any atom is 0.410 e. The van der Waals surface area contributed by atoms with Crippen LogP contribution in [0.1, 0.15) is 72.1 Å². The summed E-state index contributed by atoms with van der Waals surface area (Å²) in [5, 5.41) is 3.78. The smallest absolute Gasteiger partial charge is 0.410 e. The first kappa shape index (κ1) is 16.1. The third-order valence-corrected chi connectivity index (χ3v) is 5.72. The first-order valence-corrected chi connectivity index (χ1v) is 9.12. The Morgan fingerprint density at radius 3 is 2.45 bits per heavy atom. The van der Waals surface area contributed by atoms with E-state index in [9.17, 15) is 4.79 Å². The van der Waals surface area contributed by atoms with E-state index in [4.69, 9.17) is 4.74 Å². The second-order valence-electron chi connectivity index (χ2n) is 8.60. The van der Waals surface area contributed by atoms with Gasteiger partial charge in [0.1, 0.15) is 5.60 Å². The van der Waals surface area contributed by atoms with E-state index in [0.29, 0.717) is 6.04 Å². The van der Waals surface area contributed by atoms with Crippen LogP contribution in [0.2, 0.25) is 0 Å². The molecule has 1 atom stereocenters. The second-order valence-corrected chi connectivity index (χ2v) is 8.60. The van der Waals surface area contributed by atoms with Crippen molar-refractivity contribution in [2.75, 3.05) is 13.1 Å². The van der Waals surface area contributed by atoms with E-state index in [0.717, 1.165) is 38.1 Å². The van der Waals surface area contributed by atoms with Crippen molar-refractivity contribution in [2.24, 2.45) is 5.92 Å². The lowest BCUT2D eigenvalue weighted by atomic mass is 9.69. The molecule has 3 rings (SSSR count). The van der Waals surface area contributed by atoms with Crippen LogP contribution >= 0.6 is 0 Å². The molecular formula is C18H32N2O2. The van der Waals surface area contributed by atoms with Crippen LogP contribution in [0.25, 0.3) is 0 Å². The van der Waals surface area contributed by atoms with Gasteiger partial charge in [0.15, 0.2) is 0 Å². The lowest BCUT2D eigenvalue weighted by molar-refractivity contribution is -0.0497. The molecule has 1 saturated heterocycles. The molecule has 3 fully saturated rings. The third kappa shape index (κ3) is 3.42. The number of hydrogen-bond donors (Lipinski definition) is 1. The summed E-state index contributed by atoms with van der Waals surface area (Å²) < 4.78 is 5.63. The van der Waals surface area contributed by atoms with Gasteiger partial charge < -0.3 is 15.0 Å². The molecule has 22 heavy (non-hydrogen) atoms. The highest BCUT2D eigenvalue weighted by atomic mass is 16.6. The molecule has 3 aliphatic rings. The Kier molecular flexibility index (Phi) is 4.41. The quantitative estimate of drug-likeness (QED) is 0.864. The summed E-state index contributed by atoms with van der Waals surface area (Å²) in [5.74, 6) is 0.904. The number of likely N-dealkylation sites (tertiary alicyclic amines) is 1. The van der Waals surface area contributed by atoms with Crippen LogP contribution in [0.4, 0.5) is 4.79 Å². The summed E-state index contributed by atoms with van der Waals surface area (Å²) in [4.78, 5) is 14.6. The Morgan fingerprint density at radius 1 is 1.23 bits per heavy atom. The molecule has 0 bridgehead atoms. The van der Waals surface area contributed by atoms with E-state index in [1.54, 1.807) is 0 Å². The molecule has 2 aliphatic carbocycles. The zero-order valence-electron chi connectivity index (χ0n) is 14.5. The van der Waals surface area contributed by atoms with E-state index in [2.05, 4.69) is 5.32 Å². The van der Waals surface area contributed by atoms with Gasteiger partial charge in [-0.15, -0.1) is 0 Å². The molecule has 2 saturated carbocycles. The van der Waals surface area contributed by atoms with Crippen molar-refractivity contribution in [3.8, 4) is 0 Å². The molecular weight excluding hydrogens is 276 g/mol. The van der Waals surface area contributed by atoms with Crippen molar-refractivity contribution in [3.05, 3.63) is 0 Å². The Hall–Kier alpha value is -0.770. The van der Waals surface area contributed by atoms with Crippen LogP contribution in [0.3, 0.4) is 0 Å². The number of amides is 1. The van der Waals surface area contributed by atoms with E-state index in [-0.39, 0.29) is 11.6 Å². The van der Waals surface area contributed by atoms with Crippen LogP contribution in [0.5, 0.6) is 0 Å². The second kappa shape index (κ2) is 6.03. The molecule has 1 unspecified atom stereocenters.